The Morgan fingerprint density at radius 3 is 0.986 bits per heavy atom. The van der Waals surface area contributed by atoms with E-state index >= 15 is 0 Å². The van der Waals surface area contributed by atoms with Gasteiger partial charge in [0.05, 0.1) is 44.1 Å². The van der Waals surface area contributed by atoms with Crippen LogP contribution >= 0.6 is 0 Å². The quantitative estimate of drug-likeness (QED) is 0.166. The Balaban J connectivity index is 0.0000000942. The van der Waals surface area contributed by atoms with Gasteiger partial charge in [-0.05, 0) is 222 Å². The van der Waals surface area contributed by atoms with Gasteiger partial charge in [0.2, 0.25) is 0 Å². The zero-order chi connectivity index (χ0) is 93.4. The first-order valence-electron chi connectivity index (χ1n) is 50.3. The number of rotatable bonds is 3. The van der Waals surface area contributed by atoms with Gasteiger partial charge in [-0.15, -0.1) is 0 Å². The van der Waals surface area contributed by atoms with Crippen molar-refractivity contribution in [1.82, 2.24) is 18.3 Å². The summed E-state index contributed by atoms with van der Waals surface area (Å²) >= 11 is 0. The molecule has 0 atom stereocenters. The van der Waals surface area contributed by atoms with Gasteiger partial charge in [0.25, 0.3) is 20.1 Å². The third-order valence-electron chi connectivity index (χ3n) is 33.9. The first-order valence-corrected chi connectivity index (χ1v) is 50.3. The predicted octanol–water partition coefficient (Wildman–Crippen LogP) is 26.3. The number of para-hydroxylation sites is 11. The SMILES string of the molecule is c1ccc2c(c1)-c1ccccc1C21c2ccccc2-c2c(-c3cccc4c3Oc3cccc5c3B4c3cccc4c6ccccc6n-5c34)cccc21.c1ccc2c(c1)-c1ccccc1C21c2ccccc2-c2ccc(-c3cccc4c3Oc3cccc5c3B4c3cccc4c6ccccc6n-5c34)cc21.c1ccc2c(c1)Oc1cc(-n3c4ccccc4c4ccccc43)cc3c1B2c1cccc2c4ccccc4n-3c12. The number of nitrogens with zero attached hydrogens (tertiary/aromatic N) is 4. The minimum absolute atomic E-state index is 0.0550. The van der Waals surface area contributed by atoms with Crippen LogP contribution in [0.3, 0.4) is 0 Å². The molecule has 0 amide bonds. The summed E-state index contributed by atoms with van der Waals surface area (Å²) in [6.07, 6.45) is 0. The lowest BCUT2D eigenvalue weighted by Crippen LogP contribution is -2.58. The van der Waals surface area contributed by atoms with Gasteiger partial charge in [-0.25, -0.2) is 0 Å². The molecule has 6 aliphatic heterocycles. The second-order valence-corrected chi connectivity index (χ2v) is 40.3. The van der Waals surface area contributed by atoms with Crippen LogP contribution in [-0.2, 0) is 10.8 Å². The Hall–Kier alpha value is -18.4. The average molecular weight is 1820 g/mol. The molecule has 660 valence electrons. The number of aromatic nitrogens is 4. The summed E-state index contributed by atoms with van der Waals surface area (Å²) < 4.78 is 30.8. The van der Waals surface area contributed by atoms with Crippen molar-refractivity contribution in [2.75, 3.05) is 0 Å². The summed E-state index contributed by atoms with van der Waals surface area (Å²) in [4.78, 5) is 0. The second kappa shape index (κ2) is 28.3. The average Bonchev–Trinajstić information content (AvgIpc) is 1.48. The minimum atomic E-state index is -0.390. The van der Waals surface area contributed by atoms with E-state index in [9.17, 15) is 0 Å². The third-order valence-corrected chi connectivity index (χ3v) is 33.9. The maximum absolute atomic E-state index is 7.17. The molecular weight excluding hydrogens is 1750 g/mol. The van der Waals surface area contributed by atoms with Crippen LogP contribution in [0, 0.1) is 0 Å². The van der Waals surface area contributed by atoms with Gasteiger partial charge < -0.3 is 32.5 Å². The molecule has 36 rings (SSSR count). The van der Waals surface area contributed by atoms with E-state index in [0.29, 0.717) is 0 Å². The fraction of sp³-hybridized carbons (Fsp3) is 0.0149. The Morgan fingerprint density at radius 2 is 0.493 bits per heavy atom. The van der Waals surface area contributed by atoms with E-state index in [0.717, 1.165) is 51.3 Å². The van der Waals surface area contributed by atoms with Crippen molar-refractivity contribution in [3.8, 4) is 124 Å². The molecule has 144 heavy (non-hydrogen) atoms. The maximum atomic E-state index is 7.17. The number of fused-ring (bicyclic) bond motifs is 44. The van der Waals surface area contributed by atoms with Gasteiger partial charge in [0.15, 0.2) is 0 Å². The van der Waals surface area contributed by atoms with Gasteiger partial charge in [-0.2, -0.15) is 0 Å². The van der Waals surface area contributed by atoms with Crippen molar-refractivity contribution >= 4 is 157 Å². The minimum Gasteiger partial charge on any atom is -0.458 e. The first-order chi connectivity index (χ1) is 71.5. The molecule has 22 aromatic carbocycles. The third kappa shape index (κ3) is 9.66. The predicted molar refractivity (Wildman–Crippen MR) is 594 cm³/mol. The monoisotopic (exact) mass is 1820 g/mol. The van der Waals surface area contributed by atoms with Crippen molar-refractivity contribution in [3.63, 3.8) is 0 Å². The Morgan fingerprint density at radius 1 is 0.181 bits per heavy atom. The van der Waals surface area contributed by atoms with Gasteiger partial charge >= 0.3 is 0 Å². The van der Waals surface area contributed by atoms with E-state index in [4.69, 9.17) is 14.2 Å². The molecule has 10 heteroatoms. The molecule has 26 aromatic rings. The Labute approximate surface area is 829 Å². The summed E-state index contributed by atoms with van der Waals surface area (Å²) in [5, 5.41) is 10.3. The highest BCUT2D eigenvalue weighted by Gasteiger charge is 2.55. The molecule has 4 aliphatic carbocycles. The van der Waals surface area contributed by atoms with Gasteiger partial charge in [-0.3, -0.25) is 0 Å². The normalized spacial score (nSPS) is 14.1. The smallest absolute Gasteiger partial charge is 0.256 e. The summed E-state index contributed by atoms with van der Waals surface area (Å²) in [5.41, 5.74) is 51.3. The van der Waals surface area contributed by atoms with Crippen molar-refractivity contribution in [2.24, 2.45) is 0 Å². The lowest BCUT2D eigenvalue weighted by molar-refractivity contribution is 0.487. The largest absolute Gasteiger partial charge is 0.458 e. The van der Waals surface area contributed by atoms with Crippen LogP contribution in [-0.4, -0.2) is 38.4 Å². The van der Waals surface area contributed by atoms with Crippen molar-refractivity contribution < 1.29 is 14.2 Å². The zero-order valence-corrected chi connectivity index (χ0v) is 77.7. The second-order valence-electron chi connectivity index (χ2n) is 40.3. The molecule has 0 fully saturated rings. The molecule has 0 saturated carbocycles. The molecule has 7 nitrogen and oxygen atoms in total. The number of hydrogen-bond donors (Lipinski definition) is 0. The molecule has 0 saturated heterocycles. The molecule has 4 aromatic heterocycles. The van der Waals surface area contributed by atoms with E-state index in [1.54, 1.807) is 0 Å². The van der Waals surface area contributed by atoms with Crippen molar-refractivity contribution in [2.45, 2.75) is 10.8 Å². The molecule has 2 spiro atoms. The highest BCUT2D eigenvalue weighted by molar-refractivity contribution is 7.01. The Bertz CT molecular complexity index is 10100. The molecule has 0 unspecified atom stereocenters. The van der Waals surface area contributed by atoms with Gasteiger partial charge in [-0.1, -0.05) is 388 Å². The molecule has 0 bridgehead atoms. The fourth-order valence-electron chi connectivity index (χ4n) is 28.7. The van der Waals surface area contributed by atoms with E-state index in [1.807, 2.05) is 0 Å². The van der Waals surface area contributed by atoms with Gasteiger partial charge in [0.1, 0.15) is 34.5 Å². The first kappa shape index (κ1) is 77.6. The van der Waals surface area contributed by atoms with E-state index in [-0.39, 0.29) is 20.1 Å². The lowest BCUT2D eigenvalue weighted by Gasteiger charge is -2.34. The van der Waals surface area contributed by atoms with Crippen LogP contribution in [0.2, 0.25) is 0 Å². The van der Waals surface area contributed by atoms with Crippen LogP contribution in [0.15, 0.2) is 467 Å². The highest BCUT2D eigenvalue weighted by Crippen LogP contribution is 2.67. The van der Waals surface area contributed by atoms with E-state index in [1.165, 1.54) is 254 Å². The summed E-state index contributed by atoms with van der Waals surface area (Å²) in [6, 6.07) is 172. The fourth-order valence-corrected chi connectivity index (χ4v) is 28.7. The summed E-state index contributed by atoms with van der Waals surface area (Å²) in [7, 11) is 0. The van der Waals surface area contributed by atoms with Crippen LogP contribution < -0.4 is 63.4 Å². The maximum Gasteiger partial charge on any atom is 0.256 e. The number of ether oxygens (including phenoxy) is 3. The van der Waals surface area contributed by atoms with E-state index < -0.39 is 10.8 Å². The van der Waals surface area contributed by atoms with Crippen molar-refractivity contribution in [1.29, 1.82) is 0 Å². The molecular formula is C134H77B3N4O3. The summed E-state index contributed by atoms with van der Waals surface area (Å²) in [6.45, 7) is 0.232. The standard InChI is InChI=1S/2C49H28BNO.C36H21BN2O/c1-5-20-36-29(13-1)30-14-2-6-21-37(30)49(36)38-22-7-3-16-35(38)45-32(17-9-23-39(45)49)34-19-11-25-41-48(34)52-44-28-12-27-43-46(44)50(41)40-24-10-18-33-31-15-4-8-26-42(31)51(43)47(33)40;1-5-18-37-31(12-1)32-13-2-6-19-38(32)49(37)39-20-7-3-14-33(39)34-27-26-29(28-40(34)49)30-16-9-22-42-48(30)52-45-25-11-24-44-46(45)50(42)41-21-10-17-36-35-15-4-8-23-43(35)51(44)47(36)41;1-5-16-29-23(10-1)24-11-2-6-17-30(24)38(29)22-20-32-35-34(21-22)40-33-19-8-4-14-27(33)37(35)28-15-9-13-26-25-12-3-7-18-31(25)39(32)36(26)28/h2*1-28H;1-21H. The zero-order valence-electron chi connectivity index (χ0n) is 77.7. The van der Waals surface area contributed by atoms with Gasteiger partial charge in [0, 0.05) is 93.9 Å². The van der Waals surface area contributed by atoms with Crippen LogP contribution in [0.1, 0.15) is 44.5 Å². The lowest BCUT2D eigenvalue weighted by atomic mass is 9.34. The molecule has 0 radical (unpaired) electrons. The molecule has 0 N–H and O–H groups in total. The van der Waals surface area contributed by atoms with E-state index in [2.05, 4.69) is 485 Å². The van der Waals surface area contributed by atoms with Crippen LogP contribution in [0.25, 0.3) is 177 Å². The van der Waals surface area contributed by atoms with Crippen LogP contribution in [0.4, 0.5) is 0 Å². The number of benzene rings is 22. The van der Waals surface area contributed by atoms with Crippen molar-refractivity contribution in [3.05, 3.63) is 512 Å². The highest BCUT2D eigenvalue weighted by atomic mass is 16.5. The molecule has 10 aliphatic rings. The van der Waals surface area contributed by atoms with Crippen LogP contribution in [0.5, 0.6) is 34.5 Å². The Kier molecular flexibility index (Phi) is 15.2. The topological polar surface area (TPSA) is 47.4 Å². The number of hydrogen-bond acceptors (Lipinski definition) is 3. The summed E-state index contributed by atoms with van der Waals surface area (Å²) in [5.74, 6) is 5.65. The molecule has 10 heterocycles.